The van der Waals surface area contributed by atoms with Gasteiger partial charge in [0.1, 0.15) is 0 Å². The molecule has 0 spiro atoms. The normalized spacial score (nSPS) is 10.9. The Morgan fingerprint density at radius 1 is 0.333 bits per heavy atom. The highest BCUT2D eigenvalue weighted by atomic mass is 15.0. The molecule has 0 fully saturated rings. The van der Waals surface area contributed by atoms with E-state index in [1.54, 1.807) is 12.4 Å². The maximum Gasteiger partial charge on any atom is 0.164 e. The second-order valence-corrected chi connectivity index (χ2v) is 9.86. The molecule has 5 nitrogen and oxygen atoms in total. The molecule has 0 amide bonds. The zero-order valence-electron chi connectivity index (χ0n) is 22.7. The first kappa shape index (κ1) is 25.2. The average Bonchev–Trinajstić information content (AvgIpc) is 3.09. The Morgan fingerprint density at radius 2 is 0.810 bits per heavy atom. The molecular weight excluding hydrogens is 514 g/mol. The molecule has 0 bridgehead atoms. The first-order valence-electron chi connectivity index (χ1n) is 13.7. The van der Waals surface area contributed by atoms with Gasteiger partial charge in [-0.2, -0.15) is 0 Å². The molecule has 42 heavy (non-hydrogen) atoms. The minimum absolute atomic E-state index is 0.642. The van der Waals surface area contributed by atoms with Crippen LogP contribution in [0.1, 0.15) is 0 Å². The third kappa shape index (κ3) is 5.31. The van der Waals surface area contributed by atoms with Gasteiger partial charge in [0.2, 0.25) is 0 Å². The molecule has 0 aliphatic carbocycles. The van der Waals surface area contributed by atoms with Gasteiger partial charge >= 0.3 is 0 Å². The van der Waals surface area contributed by atoms with E-state index in [1.807, 2.05) is 85.1 Å². The van der Waals surface area contributed by atoms with Gasteiger partial charge in [-0.1, -0.05) is 109 Å². The van der Waals surface area contributed by atoms with Crippen LogP contribution in [0.5, 0.6) is 0 Å². The summed E-state index contributed by atoms with van der Waals surface area (Å²) in [5.74, 6) is 1.95. The van der Waals surface area contributed by atoms with E-state index in [4.69, 9.17) is 15.0 Å². The molecule has 0 aliphatic rings. The molecule has 0 N–H and O–H groups in total. The van der Waals surface area contributed by atoms with Crippen LogP contribution in [0.3, 0.4) is 0 Å². The number of hydrogen-bond acceptors (Lipinski definition) is 5. The molecule has 4 aromatic carbocycles. The number of pyridine rings is 2. The zero-order valence-corrected chi connectivity index (χ0v) is 22.7. The van der Waals surface area contributed by atoms with Crippen molar-refractivity contribution in [3.05, 3.63) is 152 Å². The van der Waals surface area contributed by atoms with E-state index >= 15 is 0 Å². The highest BCUT2D eigenvalue weighted by Crippen LogP contribution is 2.30. The molecule has 198 valence electrons. The van der Waals surface area contributed by atoms with Gasteiger partial charge in [-0.15, -0.1) is 0 Å². The Balaban J connectivity index is 1.20. The fraction of sp³-hybridized carbons (Fsp3) is 0. The van der Waals surface area contributed by atoms with E-state index in [1.165, 1.54) is 0 Å². The summed E-state index contributed by atoms with van der Waals surface area (Å²) in [7, 11) is 0. The predicted molar refractivity (Wildman–Crippen MR) is 168 cm³/mol. The zero-order chi connectivity index (χ0) is 28.1. The van der Waals surface area contributed by atoms with Crippen LogP contribution in [-0.4, -0.2) is 24.9 Å². The summed E-state index contributed by atoms with van der Waals surface area (Å²) in [6.45, 7) is 0. The largest absolute Gasteiger partial charge is 0.265 e. The number of benzene rings is 4. The molecule has 7 rings (SSSR count). The standard InChI is InChI=1S/C37H25N5/c1-3-8-28(9-4-1)35-40-36(29-10-5-2-6-11-29)42-37(41-35)30-16-14-26(15-17-30)31-12-7-13-32(24-31)33-18-19-34(39-25-33)27-20-22-38-23-21-27/h1-25H. The summed E-state index contributed by atoms with van der Waals surface area (Å²) >= 11 is 0. The number of nitrogens with zero attached hydrogens (tertiary/aromatic N) is 5. The second-order valence-electron chi connectivity index (χ2n) is 9.86. The molecular formula is C37H25N5. The number of rotatable bonds is 6. The average molecular weight is 540 g/mol. The van der Waals surface area contributed by atoms with Crippen molar-refractivity contribution in [2.45, 2.75) is 0 Å². The van der Waals surface area contributed by atoms with Gasteiger partial charge in [-0.05, 0) is 41.0 Å². The van der Waals surface area contributed by atoms with Gasteiger partial charge in [0.25, 0.3) is 0 Å². The van der Waals surface area contributed by atoms with Crippen LogP contribution in [0.15, 0.2) is 152 Å². The van der Waals surface area contributed by atoms with Crippen LogP contribution >= 0.6 is 0 Å². The molecule has 0 atom stereocenters. The Bertz CT molecular complexity index is 1880. The second kappa shape index (κ2) is 11.4. The molecule has 0 unspecified atom stereocenters. The molecule has 3 aromatic heterocycles. The van der Waals surface area contributed by atoms with Crippen molar-refractivity contribution >= 4 is 0 Å². The number of hydrogen-bond donors (Lipinski definition) is 0. The van der Waals surface area contributed by atoms with Crippen LogP contribution in [-0.2, 0) is 0 Å². The molecule has 0 saturated carbocycles. The van der Waals surface area contributed by atoms with Gasteiger partial charge in [-0.3, -0.25) is 9.97 Å². The predicted octanol–water partition coefficient (Wildman–Crippen LogP) is 8.66. The maximum absolute atomic E-state index is 4.85. The van der Waals surface area contributed by atoms with Crippen LogP contribution in [0, 0.1) is 0 Å². The molecule has 3 heterocycles. The third-order valence-corrected chi connectivity index (χ3v) is 7.11. The highest BCUT2D eigenvalue weighted by Gasteiger charge is 2.12. The molecule has 0 aliphatic heterocycles. The lowest BCUT2D eigenvalue weighted by atomic mass is 9.98. The van der Waals surface area contributed by atoms with E-state index in [-0.39, 0.29) is 0 Å². The van der Waals surface area contributed by atoms with Crippen molar-refractivity contribution in [2.24, 2.45) is 0 Å². The minimum Gasteiger partial charge on any atom is -0.265 e. The summed E-state index contributed by atoms with van der Waals surface area (Å²) in [6, 6.07) is 45.0. The lowest BCUT2D eigenvalue weighted by molar-refractivity contribution is 1.07. The smallest absolute Gasteiger partial charge is 0.164 e. The van der Waals surface area contributed by atoms with E-state index in [0.29, 0.717) is 17.5 Å². The van der Waals surface area contributed by atoms with E-state index in [2.05, 4.69) is 64.6 Å². The summed E-state index contributed by atoms with van der Waals surface area (Å²) in [5, 5.41) is 0. The third-order valence-electron chi connectivity index (χ3n) is 7.11. The quantitative estimate of drug-likeness (QED) is 0.212. The molecule has 0 saturated heterocycles. The van der Waals surface area contributed by atoms with Gasteiger partial charge in [0, 0.05) is 46.4 Å². The summed E-state index contributed by atoms with van der Waals surface area (Å²) in [4.78, 5) is 23.3. The van der Waals surface area contributed by atoms with Crippen molar-refractivity contribution in [3.8, 4) is 67.7 Å². The Kier molecular flexibility index (Phi) is 6.81. The van der Waals surface area contributed by atoms with Gasteiger partial charge in [0.15, 0.2) is 17.5 Å². The minimum atomic E-state index is 0.642. The summed E-state index contributed by atoms with van der Waals surface area (Å²) in [6.07, 6.45) is 5.49. The van der Waals surface area contributed by atoms with Crippen molar-refractivity contribution in [2.75, 3.05) is 0 Å². The van der Waals surface area contributed by atoms with Crippen molar-refractivity contribution < 1.29 is 0 Å². The topological polar surface area (TPSA) is 64.5 Å². The lowest BCUT2D eigenvalue weighted by Gasteiger charge is -2.10. The summed E-state index contributed by atoms with van der Waals surface area (Å²) in [5.41, 5.74) is 9.24. The Labute approximate surface area is 244 Å². The molecule has 7 aromatic rings. The van der Waals surface area contributed by atoms with Crippen LogP contribution in [0.4, 0.5) is 0 Å². The van der Waals surface area contributed by atoms with Crippen LogP contribution in [0.25, 0.3) is 67.7 Å². The fourth-order valence-corrected chi connectivity index (χ4v) is 4.89. The SMILES string of the molecule is c1ccc(-c2nc(-c3ccccc3)nc(-c3ccc(-c4cccc(-c5ccc(-c6ccncc6)nc5)c4)cc3)n2)cc1. The van der Waals surface area contributed by atoms with Gasteiger partial charge in [-0.25, -0.2) is 15.0 Å². The Hall–Kier alpha value is -5.81. The molecule has 5 heteroatoms. The first-order chi connectivity index (χ1) is 20.8. The Morgan fingerprint density at radius 3 is 1.36 bits per heavy atom. The highest BCUT2D eigenvalue weighted by molar-refractivity contribution is 5.75. The lowest BCUT2D eigenvalue weighted by Crippen LogP contribution is -2.00. The van der Waals surface area contributed by atoms with E-state index in [0.717, 1.165) is 50.2 Å². The molecule has 0 radical (unpaired) electrons. The van der Waals surface area contributed by atoms with Crippen molar-refractivity contribution in [3.63, 3.8) is 0 Å². The first-order valence-corrected chi connectivity index (χ1v) is 13.7. The van der Waals surface area contributed by atoms with Gasteiger partial charge < -0.3 is 0 Å². The maximum atomic E-state index is 4.85. The number of aromatic nitrogens is 5. The van der Waals surface area contributed by atoms with E-state index in [9.17, 15) is 0 Å². The summed E-state index contributed by atoms with van der Waals surface area (Å²) < 4.78 is 0. The van der Waals surface area contributed by atoms with Crippen LogP contribution in [0.2, 0.25) is 0 Å². The van der Waals surface area contributed by atoms with Crippen molar-refractivity contribution in [1.29, 1.82) is 0 Å². The fourth-order valence-electron chi connectivity index (χ4n) is 4.89. The van der Waals surface area contributed by atoms with Gasteiger partial charge in [0.05, 0.1) is 5.69 Å². The van der Waals surface area contributed by atoms with E-state index < -0.39 is 0 Å². The monoisotopic (exact) mass is 539 g/mol. The van der Waals surface area contributed by atoms with Crippen LogP contribution < -0.4 is 0 Å². The van der Waals surface area contributed by atoms with Crippen molar-refractivity contribution in [1.82, 2.24) is 24.9 Å².